The standard InChI is InChI=1S/C22H29N3OS.ClH/c1-22(11-5-7-17-15-27-20-10-4-3-8-18(17)20)16-25(14-13-24-22)21-19(26-2)9-6-12-23-21;/h3-4,6,8-10,12,17,24H,5,7,11,13-16H2,1-2H3;1H. The first-order valence-electron chi connectivity index (χ1n) is 9.89. The average Bonchev–Trinajstić information content (AvgIpc) is 3.11. The number of benzene rings is 1. The van der Waals surface area contributed by atoms with E-state index in [0.29, 0.717) is 5.92 Å². The summed E-state index contributed by atoms with van der Waals surface area (Å²) < 4.78 is 5.52. The van der Waals surface area contributed by atoms with Gasteiger partial charge in [0.05, 0.1) is 7.11 Å². The van der Waals surface area contributed by atoms with Crippen molar-refractivity contribution in [2.24, 2.45) is 0 Å². The van der Waals surface area contributed by atoms with Crippen LogP contribution in [0.4, 0.5) is 5.82 Å². The minimum absolute atomic E-state index is 0. The number of rotatable bonds is 6. The van der Waals surface area contributed by atoms with Gasteiger partial charge >= 0.3 is 0 Å². The van der Waals surface area contributed by atoms with Crippen molar-refractivity contribution in [3.05, 3.63) is 48.2 Å². The Labute approximate surface area is 178 Å². The van der Waals surface area contributed by atoms with Crippen molar-refractivity contribution in [2.45, 2.75) is 42.5 Å². The zero-order chi connectivity index (χ0) is 18.7. The Kier molecular flexibility index (Phi) is 7.13. The van der Waals surface area contributed by atoms with Crippen molar-refractivity contribution in [2.75, 3.05) is 37.4 Å². The van der Waals surface area contributed by atoms with Crippen LogP contribution in [0, 0.1) is 0 Å². The minimum Gasteiger partial charge on any atom is -0.493 e. The predicted octanol–water partition coefficient (Wildman–Crippen LogP) is 4.74. The first-order valence-corrected chi connectivity index (χ1v) is 10.9. The van der Waals surface area contributed by atoms with E-state index < -0.39 is 0 Å². The molecule has 1 aromatic heterocycles. The lowest BCUT2D eigenvalue weighted by molar-refractivity contribution is 0.290. The van der Waals surface area contributed by atoms with Crippen LogP contribution in [0.25, 0.3) is 0 Å². The molecular weight excluding hydrogens is 390 g/mol. The Bertz CT molecular complexity index is 790. The molecule has 0 bridgehead atoms. The maximum absolute atomic E-state index is 5.52. The van der Waals surface area contributed by atoms with Gasteiger partial charge in [-0.2, -0.15) is 0 Å². The maximum Gasteiger partial charge on any atom is 0.171 e. The van der Waals surface area contributed by atoms with Gasteiger partial charge in [-0.3, -0.25) is 0 Å². The van der Waals surface area contributed by atoms with Gasteiger partial charge in [0.15, 0.2) is 11.6 Å². The van der Waals surface area contributed by atoms with Gasteiger partial charge in [-0.15, -0.1) is 24.2 Å². The Balaban J connectivity index is 0.00000225. The van der Waals surface area contributed by atoms with Gasteiger partial charge in [0.2, 0.25) is 0 Å². The number of halogens is 1. The lowest BCUT2D eigenvalue weighted by Crippen LogP contribution is -2.59. The summed E-state index contributed by atoms with van der Waals surface area (Å²) in [7, 11) is 1.72. The summed E-state index contributed by atoms with van der Waals surface area (Å²) in [4.78, 5) is 8.43. The van der Waals surface area contributed by atoms with Gasteiger partial charge < -0.3 is 15.0 Å². The van der Waals surface area contributed by atoms with Crippen LogP contribution < -0.4 is 15.0 Å². The minimum atomic E-state index is 0. The molecular formula is C22H30ClN3OS. The van der Waals surface area contributed by atoms with Crippen LogP contribution in [0.15, 0.2) is 47.5 Å². The van der Waals surface area contributed by atoms with Crippen molar-refractivity contribution in [1.82, 2.24) is 10.3 Å². The molecule has 0 aliphatic carbocycles. The number of pyridine rings is 1. The normalized spacial score (nSPS) is 23.8. The molecule has 0 saturated carbocycles. The first-order chi connectivity index (χ1) is 13.2. The lowest BCUT2D eigenvalue weighted by Gasteiger charge is -2.42. The van der Waals surface area contributed by atoms with Gasteiger partial charge in [-0.05, 0) is 49.4 Å². The number of nitrogens with one attached hydrogen (secondary N) is 1. The highest BCUT2D eigenvalue weighted by molar-refractivity contribution is 7.99. The van der Waals surface area contributed by atoms with Crippen molar-refractivity contribution < 1.29 is 4.74 Å². The second-order valence-electron chi connectivity index (χ2n) is 7.88. The van der Waals surface area contributed by atoms with Gasteiger partial charge in [0.25, 0.3) is 0 Å². The third-order valence-electron chi connectivity index (χ3n) is 5.82. The molecule has 152 valence electrons. The molecule has 1 saturated heterocycles. The highest BCUT2D eigenvalue weighted by atomic mass is 35.5. The number of aromatic nitrogens is 1. The van der Waals surface area contributed by atoms with Crippen LogP contribution in [0.3, 0.4) is 0 Å². The van der Waals surface area contributed by atoms with E-state index >= 15 is 0 Å². The van der Waals surface area contributed by atoms with E-state index in [2.05, 4.69) is 46.4 Å². The van der Waals surface area contributed by atoms with E-state index in [1.807, 2.05) is 30.1 Å². The molecule has 2 aliphatic rings. The predicted molar refractivity (Wildman–Crippen MR) is 120 cm³/mol. The van der Waals surface area contributed by atoms with Gasteiger partial charge in [0.1, 0.15) is 0 Å². The number of thioether (sulfide) groups is 1. The fourth-order valence-electron chi connectivity index (χ4n) is 4.38. The number of nitrogens with zero attached hydrogens (tertiary/aromatic N) is 2. The largest absolute Gasteiger partial charge is 0.493 e. The van der Waals surface area contributed by atoms with Gasteiger partial charge in [-0.1, -0.05) is 24.6 Å². The molecule has 4 rings (SSSR count). The SMILES string of the molecule is COc1cccnc1N1CCNC(C)(CCCC2CSc3ccccc32)C1.Cl. The smallest absolute Gasteiger partial charge is 0.171 e. The molecule has 0 spiro atoms. The summed E-state index contributed by atoms with van der Waals surface area (Å²) in [6.07, 6.45) is 5.55. The molecule has 6 heteroatoms. The third-order valence-corrected chi connectivity index (χ3v) is 7.08. The molecule has 1 fully saturated rings. The molecule has 4 nitrogen and oxygen atoms in total. The van der Waals surface area contributed by atoms with Crippen LogP contribution in [-0.2, 0) is 0 Å². The number of anilines is 1. The van der Waals surface area contributed by atoms with Crippen LogP contribution in [-0.4, -0.2) is 43.0 Å². The number of piperazine rings is 1. The zero-order valence-corrected chi connectivity index (χ0v) is 18.3. The van der Waals surface area contributed by atoms with Gasteiger partial charge in [0, 0.05) is 42.0 Å². The molecule has 2 aliphatic heterocycles. The van der Waals surface area contributed by atoms with Crippen LogP contribution in [0.5, 0.6) is 5.75 Å². The molecule has 2 atom stereocenters. The molecule has 2 unspecified atom stereocenters. The Morgan fingerprint density at radius 1 is 1.29 bits per heavy atom. The fourth-order valence-corrected chi connectivity index (χ4v) is 5.69. The van der Waals surface area contributed by atoms with E-state index in [1.165, 1.54) is 29.9 Å². The van der Waals surface area contributed by atoms with Gasteiger partial charge in [-0.25, -0.2) is 4.98 Å². The summed E-state index contributed by atoms with van der Waals surface area (Å²) in [5.74, 6) is 3.78. The van der Waals surface area contributed by atoms with E-state index in [-0.39, 0.29) is 17.9 Å². The van der Waals surface area contributed by atoms with Crippen molar-refractivity contribution in [3.8, 4) is 5.75 Å². The van der Waals surface area contributed by atoms with E-state index in [1.54, 1.807) is 12.7 Å². The van der Waals surface area contributed by atoms with Crippen LogP contribution >= 0.6 is 24.2 Å². The molecule has 28 heavy (non-hydrogen) atoms. The number of hydrogen-bond acceptors (Lipinski definition) is 5. The topological polar surface area (TPSA) is 37.4 Å². The first kappa shape index (κ1) is 21.3. The number of hydrogen-bond donors (Lipinski definition) is 1. The molecule has 1 aromatic carbocycles. The number of methoxy groups -OCH3 is 1. The van der Waals surface area contributed by atoms with Crippen LogP contribution in [0.1, 0.15) is 37.7 Å². The molecule has 0 amide bonds. The zero-order valence-electron chi connectivity index (χ0n) is 16.7. The molecule has 1 N–H and O–H groups in total. The summed E-state index contributed by atoms with van der Waals surface area (Å²) in [5, 5.41) is 3.76. The summed E-state index contributed by atoms with van der Waals surface area (Å²) in [5.41, 5.74) is 1.68. The summed E-state index contributed by atoms with van der Waals surface area (Å²) >= 11 is 2.02. The fraction of sp³-hybridized carbons (Fsp3) is 0.500. The van der Waals surface area contributed by atoms with Crippen molar-refractivity contribution in [1.29, 1.82) is 0 Å². The quantitative estimate of drug-likeness (QED) is 0.731. The second-order valence-corrected chi connectivity index (χ2v) is 8.94. The number of fused-ring (bicyclic) bond motifs is 1. The Morgan fingerprint density at radius 2 is 2.14 bits per heavy atom. The van der Waals surface area contributed by atoms with E-state index in [9.17, 15) is 0 Å². The van der Waals surface area contributed by atoms with Crippen LogP contribution in [0.2, 0.25) is 0 Å². The third kappa shape index (κ3) is 4.58. The van der Waals surface area contributed by atoms with E-state index in [0.717, 1.165) is 31.2 Å². The molecule has 3 heterocycles. The Morgan fingerprint density at radius 3 is 3.00 bits per heavy atom. The van der Waals surface area contributed by atoms with Crippen molar-refractivity contribution >= 4 is 30.0 Å². The number of ether oxygens (including phenoxy) is 1. The lowest BCUT2D eigenvalue weighted by atomic mass is 9.88. The Hall–Kier alpha value is -1.43. The highest BCUT2D eigenvalue weighted by Gasteiger charge is 2.32. The summed E-state index contributed by atoms with van der Waals surface area (Å²) in [6.45, 7) is 5.27. The molecule has 2 aromatic rings. The monoisotopic (exact) mass is 419 g/mol. The maximum atomic E-state index is 5.52. The van der Waals surface area contributed by atoms with Crippen molar-refractivity contribution in [3.63, 3.8) is 0 Å². The molecule has 0 radical (unpaired) electrons. The van der Waals surface area contributed by atoms with E-state index in [4.69, 9.17) is 4.74 Å². The second kappa shape index (κ2) is 9.38. The highest BCUT2D eigenvalue weighted by Crippen LogP contribution is 2.42. The average molecular weight is 420 g/mol. The summed E-state index contributed by atoms with van der Waals surface area (Å²) in [6, 6.07) is 12.8.